The van der Waals surface area contributed by atoms with Gasteiger partial charge in [0.25, 0.3) is 0 Å². The molecule has 1 saturated heterocycles. The van der Waals surface area contributed by atoms with Crippen LogP contribution in [0.2, 0.25) is 0 Å². The molecule has 0 amide bonds. The Kier molecular flexibility index (Phi) is 3.36. The first-order chi connectivity index (χ1) is 7.13. The molecule has 2 heteroatoms. The highest BCUT2D eigenvalue weighted by atomic mass is 16.3. The van der Waals surface area contributed by atoms with Gasteiger partial charge in [-0.05, 0) is 46.1 Å². The van der Waals surface area contributed by atoms with E-state index in [4.69, 9.17) is 0 Å². The predicted molar refractivity (Wildman–Crippen MR) is 62.9 cm³/mol. The van der Waals surface area contributed by atoms with Crippen LogP contribution in [0.4, 0.5) is 0 Å². The Morgan fingerprint density at radius 3 is 2.40 bits per heavy atom. The normalized spacial score (nSPS) is 32.4. The molecule has 2 rings (SSSR count). The minimum atomic E-state index is -0.356. The second-order valence-corrected chi connectivity index (χ2v) is 5.65. The maximum atomic E-state index is 10.7. The summed E-state index contributed by atoms with van der Waals surface area (Å²) in [6, 6.07) is 1.02. The summed E-state index contributed by atoms with van der Waals surface area (Å²) in [5, 5.41) is 10.7. The van der Waals surface area contributed by atoms with Gasteiger partial charge in [0.15, 0.2) is 0 Å². The summed E-state index contributed by atoms with van der Waals surface area (Å²) in [5.74, 6) is 0. The Balaban J connectivity index is 2.09. The second kappa shape index (κ2) is 4.42. The summed E-state index contributed by atoms with van der Waals surface area (Å²) >= 11 is 0. The molecule has 1 heterocycles. The number of nitrogens with zero attached hydrogens (tertiary/aromatic N) is 1. The van der Waals surface area contributed by atoms with Crippen LogP contribution < -0.4 is 0 Å². The van der Waals surface area contributed by atoms with Crippen LogP contribution in [0.25, 0.3) is 0 Å². The molecule has 1 atom stereocenters. The zero-order valence-electron chi connectivity index (χ0n) is 10.2. The number of piperidine rings is 1. The third-order valence-corrected chi connectivity index (χ3v) is 4.30. The molecule has 88 valence electrons. The summed E-state index contributed by atoms with van der Waals surface area (Å²) in [5.41, 5.74) is -0.356. The van der Waals surface area contributed by atoms with Gasteiger partial charge in [-0.15, -0.1) is 0 Å². The van der Waals surface area contributed by atoms with Crippen LogP contribution in [0.1, 0.15) is 58.8 Å². The zero-order chi connectivity index (χ0) is 10.9. The molecular weight excluding hydrogens is 186 g/mol. The lowest BCUT2D eigenvalue weighted by molar-refractivity contribution is -0.0679. The lowest BCUT2D eigenvalue weighted by atomic mass is 9.84. The molecule has 2 aliphatic rings. The largest absolute Gasteiger partial charge is 0.388 e. The highest BCUT2D eigenvalue weighted by Gasteiger charge is 2.43. The van der Waals surface area contributed by atoms with E-state index in [2.05, 4.69) is 18.7 Å². The maximum Gasteiger partial charge on any atom is 0.0802 e. The number of rotatable bonds is 2. The van der Waals surface area contributed by atoms with E-state index in [0.717, 1.165) is 12.8 Å². The fourth-order valence-corrected chi connectivity index (χ4v) is 3.47. The topological polar surface area (TPSA) is 23.5 Å². The maximum absolute atomic E-state index is 10.7. The molecule has 15 heavy (non-hydrogen) atoms. The van der Waals surface area contributed by atoms with Crippen molar-refractivity contribution in [1.29, 1.82) is 0 Å². The van der Waals surface area contributed by atoms with Crippen molar-refractivity contribution in [3.8, 4) is 0 Å². The standard InChI is InChI=1S/C13H25NO/c1-11(2)14-10-6-3-7-12(14)13(15)8-4-5-9-13/h11-12,15H,3-10H2,1-2H3. The average Bonchev–Trinajstić information content (AvgIpc) is 2.66. The SMILES string of the molecule is CC(C)N1CCCCC1C1(O)CCCC1. The van der Waals surface area contributed by atoms with Gasteiger partial charge in [-0.1, -0.05) is 19.3 Å². The van der Waals surface area contributed by atoms with Crippen molar-refractivity contribution in [2.24, 2.45) is 0 Å². The fourth-order valence-electron chi connectivity index (χ4n) is 3.47. The van der Waals surface area contributed by atoms with Crippen molar-refractivity contribution in [1.82, 2.24) is 4.90 Å². The first-order valence-electron chi connectivity index (χ1n) is 6.61. The first-order valence-corrected chi connectivity index (χ1v) is 6.61. The van der Waals surface area contributed by atoms with Crippen LogP contribution in [-0.4, -0.2) is 34.2 Å². The van der Waals surface area contributed by atoms with E-state index in [-0.39, 0.29) is 5.60 Å². The summed E-state index contributed by atoms with van der Waals surface area (Å²) in [6.45, 7) is 5.71. The van der Waals surface area contributed by atoms with Crippen molar-refractivity contribution < 1.29 is 5.11 Å². The molecule has 2 fully saturated rings. The molecule has 2 nitrogen and oxygen atoms in total. The number of hydrogen-bond acceptors (Lipinski definition) is 2. The molecule has 0 aromatic heterocycles. The summed E-state index contributed by atoms with van der Waals surface area (Å²) in [4.78, 5) is 2.54. The quantitative estimate of drug-likeness (QED) is 0.759. The van der Waals surface area contributed by atoms with Gasteiger partial charge in [0, 0.05) is 12.1 Å². The fraction of sp³-hybridized carbons (Fsp3) is 1.00. The molecule has 1 saturated carbocycles. The van der Waals surface area contributed by atoms with Gasteiger partial charge in [0.2, 0.25) is 0 Å². The Morgan fingerprint density at radius 2 is 1.80 bits per heavy atom. The van der Waals surface area contributed by atoms with E-state index in [0.29, 0.717) is 12.1 Å². The Morgan fingerprint density at radius 1 is 1.13 bits per heavy atom. The second-order valence-electron chi connectivity index (χ2n) is 5.65. The molecule has 0 spiro atoms. The van der Waals surface area contributed by atoms with E-state index in [1.54, 1.807) is 0 Å². The van der Waals surface area contributed by atoms with E-state index in [9.17, 15) is 5.11 Å². The van der Waals surface area contributed by atoms with Gasteiger partial charge in [-0.2, -0.15) is 0 Å². The van der Waals surface area contributed by atoms with Crippen LogP contribution in [0.5, 0.6) is 0 Å². The number of hydrogen-bond donors (Lipinski definition) is 1. The van der Waals surface area contributed by atoms with Gasteiger partial charge in [-0.3, -0.25) is 4.90 Å². The van der Waals surface area contributed by atoms with Crippen molar-refractivity contribution in [3.63, 3.8) is 0 Å². The van der Waals surface area contributed by atoms with Crippen LogP contribution in [0, 0.1) is 0 Å². The molecule has 0 aromatic rings. The van der Waals surface area contributed by atoms with E-state index in [1.165, 1.54) is 38.6 Å². The van der Waals surface area contributed by atoms with Crippen molar-refractivity contribution in [2.75, 3.05) is 6.54 Å². The van der Waals surface area contributed by atoms with Crippen molar-refractivity contribution in [2.45, 2.75) is 76.5 Å². The van der Waals surface area contributed by atoms with Crippen molar-refractivity contribution >= 4 is 0 Å². The Hall–Kier alpha value is -0.0800. The molecule has 0 aromatic carbocycles. The average molecular weight is 211 g/mol. The van der Waals surface area contributed by atoms with Crippen LogP contribution in [-0.2, 0) is 0 Å². The van der Waals surface area contributed by atoms with Gasteiger partial charge < -0.3 is 5.11 Å². The molecule has 1 aliphatic heterocycles. The van der Waals surface area contributed by atoms with Gasteiger partial charge in [0.1, 0.15) is 0 Å². The summed E-state index contributed by atoms with van der Waals surface area (Å²) in [6.07, 6.45) is 8.31. The lowest BCUT2D eigenvalue weighted by Crippen LogP contribution is -2.55. The van der Waals surface area contributed by atoms with Crippen LogP contribution >= 0.6 is 0 Å². The van der Waals surface area contributed by atoms with Gasteiger partial charge in [0.05, 0.1) is 5.60 Å². The van der Waals surface area contributed by atoms with E-state index >= 15 is 0 Å². The van der Waals surface area contributed by atoms with Gasteiger partial charge in [-0.25, -0.2) is 0 Å². The Bertz CT molecular complexity index is 209. The summed E-state index contributed by atoms with van der Waals surface area (Å²) in [7, 11) is 0. The first kappa shape index (κ1) is 11.4. The molecular formula is C13H25NO. The minimum Gasteiger partial charge on any atom is -0.388 e. The lowest BCUT2D eigenvalue weighted by Gasteiger charge is -2.46. The monoisotopic (exact) mass is 211 g/mol. The third-order valence-electron chi connectivity index (χ3n) is 4.30. The molecule has 1 unspecified atom stereocenters. The molecule has 0 radical (unpaired) electrons. The molecule has 1 N–H and O–H groups in total. The predicted octanol–water partition coefficient (Wildman–Crippen LogP) is 2.55. The van der Waals surface area contributed by atoms with Crippen molar-refractivity contribution in [3.05, 3.63) is 0 Å². The van der Waals surface area contributed by atoms with E-state index < -0.39 is 0 Å². The zero-order valence-corrected chi connectivity index (χ0v) is 10.2. The smallest absolute Gasteiger partial charge is 0.0802 e. The third kappa shape index (κ3) is 2.21. The highest BCUT2D eigenvalue weighted by molar-refractivity contribution is 4.98. The van der Waals surface area contributed by atoms with E-state index in [1.807, 2.05) is 0 Å². The van der Waals surface area contributed by atoms with Crippen LogP contribution in [0.3, 0.4) is 0 Å². The number of likely N-dealkylation sites (tertiary alicyclic amines) is 1. The Labute approximate surface area is 93.7 Å². The highest BCUT2D eigenvalue weighted by Crippen LogP contribution is 2.39. The van der Waals surface area contributed by atoms with Crippen LogP contribution in [0.15, 0.2) is 0 Å². The molecule has 0 bridgehead atoms. The van der Waals surface area contributed by atoms with Gasteiger partial charge >= 0.3 is 0 Å². The summed E-state index contributed by atoms with van der Waals surface area (Å²) < 4.78 is 0. The molecule has 1 aliphatic carbocycles. The number of aliphatic hydroxyl groups is 1. The minimum absolute atomic E-state index is 0.356.